The topological polar surface area (TPSA) is 71.1 Å². The SMILES string of the molecule is COc1ccccc1-c1ncc(CN2CCc3nc(C4CC4)[nH]c(=O)c3C2)s1. The largest absolute Gasteiger partial charge is 0.496 e. The average Bonchev–Trinajstić information content (AvgIpc) is 3.47. The minimum absolute atomic E-state index is 0.0376. The smallest absolute Gasteiger partial charge is 0.255 e. The Balaban J connectivity index is 1.33. The number of para-hydroxylation sites is 1. The van der Waals surface area contributed by atoms with Gasteiger partial charge < -0.3 is 9.72 Å². The number of hydrogen-bond donors (Lipinski definition) is 1. The highest BCUT2D eigenvalue weighted by Crippen LogP contribution is 2.38. The lowest BCUT2D eigenvalue weighted by Crippen LogP contribution is -2.35. The molecule has 0 atom stereocenters. The predicted octanol–water partition coefficient (Wildman–Crippen LogP) is 3.34. The fourth-order valence-electron chi connectivity index (χ4n) is 3.73. The van der Waals surface area contributed by atoms with Crippen molar-refractivity contribution in [3.8, 4) is 16.3 Å². The molecule has 0 radical (unpaired) electrons. The molecule has 1 aromatic carbocycles. The zero-order valence-corrected chi connectivity index (χ0v) is 16.6. The van der Waals surface area contributed by atoms with Crippen LogP contribution in [0.2, 0.25) is 0 Å². The van der Waals surface area contributed by atoms with E-state index in [2.05, 4.69) is 14.9 Å². The number of nitrogens with one attached hydrogen (secondary N) is 1. The molecular weight excluding hydrogens is 372 g/mol. The van der Waals surface area contributed by atoms with E-state index >= 15 is 0 Å². The van der Waals surface area contributed by atoms with Crippen molar-refractivity contribution in [3.63, 3.8) is 0 Å². The Kier molecular flexibility index (Phi) is 4.49. The van der Waals surface area contributed by atoms with E-state index < -0.39 is 0 Å². The van der Waals surface area contributed by atoms with Gasteiger partial charge in [-0.3, -0.25) is 9.69 Å². The number of hydrogen-bond acceptors (Lipinski definition) is 6. The van der Waals surface area contributed by atoms with Gasteiger partial charge in [0.05, 0.1) is 23.9 Å². The van der Waals surface area contributed by atoms with E-state index in [1.54, 1.807) is 18.4 Å². The normalized spacial score (nSPS) is 16.8. The maximum absolute atomic E-state index is 12.5. The van der Waals surface area contributed by atoms with Crippen molar-refractivity contribution in [1.82, 2.24) is 19.9 Å². The Hall–Kier alpha value is -2.51. The second-order valence-electron chi connectivity index (χ2n) is 7.44. The quantitative estimate of drug-likeness (QED) is 0.719. The summed E-state index contributed by atoms with van der Waals surface area (Å²) in [4.78, 5) is 28.3. The number of benzene rings is 1. The number of aromatic amines is 1. The Morgan fingerprint density at radius 2 is 2.18 bits per heavy atom. The van der Waals surface area contributed by atoms with Crippen molar-refractivity contribution in [2.75, 3.05) is 13.7 Å². The number of fused-ring (bicyclic) bond motifs is 1. The van der Waals surface area contributed by atoms with Crippen LogP contribution in [0.3, 0.4) is 0 Å². The van der Waals surface area contributed by atoms with Gasteiger partial charge in [0.15, 0.2) is 0 Å². The first-order valence-electron chi connectivity index (χ1n) is 9.63. The molecule has 3 heterocycles. The Labute approximate surface area is 167 Å². The lowest BCUT2D eigenvalue weighted by molar-refractivity contribution is 0.243. The van der Waals surface area contributed by atoms with Gasteiger partial charge in [-0.05, 0) is 25.0 Å². The van der Waals surface area contributed by atoms with Crippen LogP contribution in [0.15, 0.2) is 35.3 Å². The summed E-state index contributed by atoms with van der Waals surface area (Å²) in [6, 6.07) is 7.94. The van der Waals surface area contributed by atoms with Gasteiger partial charge in [0.2, 0.25) is 0 Å². The van der Waals surface area contributed by atoms with E-state index in [4.69, 9.17) is 9.72 Å². The fourth-order valence-corrected chi connectivity index (χ4v) is 4.72. The van der Waals surface area contributed by atoms with Gasteiger partial charge in [0.25, 0.3) is 5.56 Å². The second kappa shape index (κ2) is 7.14. The summed E-state index contributed by atoms with van der Waals surface area (Å²) in [5, 5.41) is 0.957. The molecule has 0 bridgehead atoms. The second-order valence-corrected chi connectivity index (χ2v) is 8.56. The average molecular weight is 395 g/mol. The first kappa shape index (κ1) is 17.6. The van der Waals surface area contributed by atoms with Gasteiger partial charge in [0.1, 0.15) is 16.6 Å². The van der Waals surface area contributed by atoms with Crippen LogP contribution in [0.5, 0.6) is 5.75 Å². The van der Waals surface area contributed by atoms with Crippen LogP contribution >= 0.6 is 11.3 Å². The molecule has 28 heavy (non-hydrogen) atoms. The van der Waals surface area contributed by atoms with Gasteiger partial charge in [-0.2, -0.15) is 0 Å². The van der Waals surface area contributed by atoms with Gasteiger partial charge in [-0.15, -0.1) is 11.3 Å². The van der Waals surface area contributed by atoms with Gasteiger partial charge in [0, 0.05) is 43.0 Å². The Morgan fingerprint density at radius 1 is 1.32 bits per heavy atom. The lowest BCUT2D eigenvalue weighted by atomic mass is 10.1. The summed E-state index contributed by atoms with van der Waals surface area (Å²) in [5.41, 5.74) is 2.86. The third-order valence-corrected chi connectivity index (χ3v) is 6.42. The van der Waals surface area contributed by atoms with E-state index in [0.717, 1.165) is 65.8 Å². The number of H-pyrrole nitrogens is 1. The maximum Gasteiger partial charge on any atom is 0.255 e. The van der Waals surface area contributed by atoms with Crippen molar-refractivity contribution in [3.05, 3.63) is 62.8 Å². The third kappa shape index (κ3) is 3.36. The molecule has 5 rings (SSSR count). The molecule has 0 spiro atoms. The van der Waals surface area contributed by atoms with Crippen LogP contribution in [-0.4, -0.2) is 33.5 Å². The molecule has 0 saturated heterocycles. The molecule has 1 saturated carbocycles. The maximum atomic E-state index is 12.5. The summed E-state index contributed by atoms with van der Waals surface area (Å²) < 4.78 is 5.45. The number of aromatic nitrogens is 3. The van der Waals surface area contributed by atoms with E-state index in [0.29, 0.717) is 12.5 Å². The first-order valence-corrected chi connectivity index (χ1v) is 10.5. The molecule has 144 valence electrons. The monoisotopic (exact) mass is 394 g/mol. The molecule has 1 fully saturated rings. The van der Waals surface area contributed by atoms with Crippen molar-refractivity contribution >= 4 is 11.3 Å². The number of methoxy groups -OCH3 is 1. The summed E-state index contributed by atoms with van der Waals surface area (Å²) in [7, 11) is 1.68. The van der Waals surface area contributed by atoms with Crippen LogP contribution < -0.4 is 10.3 Å². The van der Waals surface area contributed by atoms with E-state index in [9.17, 15) is 4.79 Å². The first-order chi connectivity index (χ1) is 13.7. The molecule has 1 aliphatic carbocycles. The van der Waals surface area contributed by atoms with Crippen molar-refractivity contribution in [1.29, 1.82) is 0 Å². The van der Waals surface area contributed by atoms with Gasteiger partial charge in [-0.25, -0.2) is 9.97 Å². The summed E-state index contributed by atoms with van der Waals surface area (Å²) in [6.07, 6.45) is 5.05. The van der Waals surface area contributed by atoms with Crippen LogP contribution in [-0.2, 0) is 19.5 Å². The lowest BCUT2D eigenvalue weighted by Gasteiger charge is -2.27. The molecule has 3 aromatic rings. The van der Waals surface area contributed by atoms with Crippen molar-refractivity contribution < 1.29 is 4.74 Å². The minimum Gasteiger partial charge on any atom is -0.496 e. The molecule has 1 N–H and O–H groups in total. The molecule has 6 nitrogen and oxygen atoms in total. The highest BCUT2D eigenvalue weighted by Gasteiger charge is 2.29. The fraction of sp³-hybridized carbons (Fsp3) is 0.381. The van der Waals surface area contributed by atoms with E-state index in [1.807, 2.05) is 30.5 Å². The molecule has 2 aromatic heterocycles. The third-order valence-electron chi connectivity index (χ3n) is 5.40. The molecule has 1 aliphatic heterocycles. The number of thiazole rings is 1. The van der Waals surface area contributed by atoms with Crippen molar-refractivity contribution in [2.45, 2.75) is 38.3 Å². The summed E-state index contributed by atoms with van der Waals surface area (Å²) in [5.74, 6) is 2.20. The molecule has 7 heteroatoms. The van der Waals surface area contributed by atoms with E-state index in [-0.39, 0.29) is 5.56 Å². The Morgan fingerprint density at radius 3 is 3.00 bits per heavy atom. The standard InChI is InChI=1S/C21H22N4O2S/c1-27-18-5-3-2-4-15(18)21-22-10-14(28-21)11-25-9-8-17-16(12-25)20(26)24-19(23-17)13-6-7-13/h2-5,10,13H,6-9,11-12H2,1H3,(H,23,24,26). The Bertz CT molecular complexity index is 1070. The predicted molar refractivity (Wildman–Crippen MR) is 109 cm³/mol. The summed E-state index contributed by atoms with van der Waals surface area (Å²) in [6.45, 7) is 2.34. The molecular formula is C21H22N4O2S. The zero-order chi connectivity index (χ0) is 19.1. The van der Waals surface area contributed by atoms with Crippen LogP contribution in [0.25, 0.3) is 10.6 Å². The molecule has 0 amide bonds. The number of ether oxygens (including phenoxy) is 1. The highest BCUT2D eigenvalue weighted by atomic mass is 32.1. The number of rotatable bonds is 5. The summed E-state index contributed by atoms with van der Waals surface area (Å²) >= 11 is 1.67. The zero-order valence-electron chi connectivity index (χ0n) is 15.8. The van der Waals surface area contributed by atoms with Crippen molar-refractivity contribution in [2.24, 2.45) is 0 Å². The van der Waals surface area contributed by atoms with Gasteiger partial charge in [-0.1, -0.05) is 12.1 Å². The molecule has 2 aliphatic rings. The van der Waals surface area contributed by atoms with Crippen LogP contribution in [0.4, 0.5) is 0 Å². The minimum atomic E-state index is 0.0376. The number of nitrogens with zero attached hydrogens (tertiary/aromatic N) is 3. The van der Waals surface area contributed by atoms with Gasteiger partial charge >= 0.3 is 0 Å². The van der Waals surface area contributed by atoms with Crippen LogP contribution in [0, 0.1) is 0 Å². The molecule has 0 unspecified atom stereocenters. The van der Waals surface area contributed by atoms with Crippen LogP contribution in [0.1, 0.15) is 40.7 Å². The van der Waals surface area contributed by atoms with E-state index in [1.165, 1.54) is 4.88 Å². The highest BCUT2D eigenvalue weighted by molar-refractivity contribution is 7.15.